The van der Waals surface area contributed by atoms with Crippen LogP contribution in [-0.4, -0.2) is 24.3 Å². The van der Waals surface area contributed by atoms with Crippen LogP contribution in [0.15, 0.2) is 140 Å². The molecule has 41 heavy (non-hydrogen) atoms. The summed E-state index contributed by atoms with van der Waals surface area (Å²) in [5, 5.41) is 2.33. The highest BCUT2D eigenvalue weighted by atomic mass is 15.0. The second-order valence-electron chi connectivity index (χ2n) is 10.0. The van der Waals surface area contributed by atoms with E-state index in [4.69, 9.17) is 19.9 Å². The Morgan fingerprint density at radius 1 is 0.415 bits per heavy atom. The number of nitrogens with zero attached hydrogens (tertiary/aromatic N) is 5. The number of rotatable bonds is 4. The summed E-state index contributed by atoms with van der Waals surface area (Å²) in [6.07, 6.45) is 2.11. The maximum atomic E-state index is 4.96. The zero-order valence-corrected chi connectivity index (χ0v) is 22.0. The first-order valence-electron chi connectivity index (χ1n) is 13.6. The Morgan fingerprint density at radius 3 is 1.73 bits per heavy atom. The van der Waals surface area contributed by atoms with Crippen molar-refractivity contribution in [2.24, 2.45) is 0 Å². The van der Waals surface area contributed by atoms with Gasteiger partial charge in [0.25, 0.3) is 0 Å². The summed E-state index contributed by atoms with van der Waals surface area (Å²) in [4.78, 5) is 19.6. The lowest BCUT2D eigenvalue weighted by molar-refractivity contribution is 1.07. The van der Waals surface area contributed by atoms with Crippen LogP contribution < -0.4 is 0 Å². The van der Waals surface area contributed by atoms with Crippen molar-refractivity contribution in [3.8, 4) is 45.3 Å². The third-order valence-corrected chi connectivity index (χ3v) is 7.45. The van der Waals surface area contributed by atoms with E-state index >= 15 is 0 Å². The lowest BCUT2D eigenvalue weighted by atomic mass is 10.0. The molecule has 0 unspecified atom stereocenters. The summed E-state index contributed by atoms with van der Waals surface area (Å²) in [6, 6.07) is 45.5. The van der Waals surface area contributed by atoms with Crippen LogP contribution >= 0.6 is 0 Å². The van der Waals surface area contributed by atoms with E-state index in [1.807, 2.05) is 60.7 Å². The SMILES string of the molecule is c1ccc(-c2nc(-c3ccccc3)nc(-c3cccc(-c4ccc5nc6c7ccccc7ccn6c5c4)c3)n2)cc1. The standard InChI is InChI=1S/C36H23N5/c1-3-11-25(12-4-1)33-38-34(26-13-5-2-6-14-26)40-35(39-33)29-16-9-15-27(22-29)28-18-19-31-32(23-28)41-21-20-24-10-7-8-17-30(24)36(41)37-31/h1-23H. The summed E-state index contributed by atoms with van der Waals surface area (Å²) in [5.41, 5.74) is 8.05. The van der Waals surface area contributed by atoms with E-state index in [-0.39, 0.29) is 0 Å². The van der Waals surface area contributed by atoms with Gasteiger partial charge < -0.3 is 0 Å². The first-order chi connectivity index (χ1) is 20.3. The molecule has 0 N–H and O–H groups in total. The topological polar surface area (TPSA) is 56.0 Å². The zero-order chi connectivity index (χ0) is 27.2. The van der Waals surface area contributed by atoms with Crippen LogP contribution in [0.1, 0.15) is 0 Å². The molecule has 5 nitrogen and oxygen atoms in total. The van der Waals surface area contributed by atoms with Crippen molar-refractivity contribution < 1.29 is 0 Å². The minimum atomic E-state index is 0.641. The fourth-order valence-electron chi connectivity index (χ4n) is 5.39. The van der Waals surface area contributed by atoms with E-state index < -0.39 is 0 Å². The third kappa shape index (κ3) is 4.12. The van der Waals surface area contributed by atoms with Gasteiger partial charge in [-0.15, -0.1) is 0 Å². The van der Waals surface area contributed by atoms with E-state index in [1.54, 1.807) is 0 Å². The van der Waals surface area contributed by atoms with Crippen molar-refractivity contribution in [2.45, 2.75) is 0 Å². The smallest absolute Gasteiger partial charge is 0.164 e. The summed E-state index contributed by atoms with van der Waals surface area (Å²) in [7, 11) is 0. The number of hydrogen-bond acceptors (Lipinski definition) is 4. The van der Waals surface area contributed by atoms with Gasteiger partial charge in [0.05, 0.1) is 11.0 Å². The summed E-state index contributed by atoms with van der Waals surface area (Å²) >= 11 is 0. The van der Waals surface area contributed by atoms with Crippen molar-refractivity contribution >= 4 is 27.5 Å². The van der Waals surface area contributed by atoms with Crippen molar-refractivity contribution in [2.75, 3.05) is 0 Å². The molecule has 5 aromatic carbocycles. The summed E-state index contributed by atoms with van der Waals surface area (Å²) in [6.45, 7) is 0. The van der Waals surface area contributed by atoms with E-state index in [0.29, 0.717) is 17.5 Å². The molecule has 0 saturated heterocycles. The monoisotopic (exact) mass is 525 g/mol. The van der Waals surface area contributed by atoms with Crippen LogP contribution in [0.2, 0.25) is 0 Å². The summed E-state index contributed by atoms with van der Waals surface area (Å²) in [5.74, 6) is 1.94. The highest BCUT2D eigenvalue weighted by Crippen LogP contribution is 2.31. The summed E-state index contributed by atoms with van der Waals surface area (Å²) < 4.78 is 2.18. The van der Waals surface area contributed by atoms with E-state index in [9.17, 15) is 0 Å². The molecule has 8 aromatic rings. The molecule has 0 radical (unpaired) electrons. The third-order valence-electron chi connectivity index (χ3n) is 7.45. The number of benzene rings is 5. The quantitative estimate of drug-likeness (QED) is 0.231. The Kier molecular flexibility index (Phi) is 5.38. The fraction of sp³-hybridized carbons (Fsp3) is 0. The van der Waals surface area contributed by atoms with Crippen LogP contribution in [-0.2, 0) is 0 Å². The first-order valence-corrected chi connectivity index (χ1v) is 13.6. The Labute approximate surface area is 236 Å². The fourth-order valence-corrected chi connectivity index (χ4v) is 5.39. The normalized spacial score (nSPS) is 11.4. The molecule has 0 aliphatic carbocycles. The molecular weight excluding hydrogens is 502 g/mol. The maximum Gasteiger partial charge on any atom is 0.164 e. The molecule has 0 saturated carbocycles. The van der Waals surface area contributed by atoms with Gasteiger partial charge in [0.15, 0.2) is 17.5 Å². The Morgan fingerprint density at radius 2 is 1.00 bits per heavy atom. The van der Waals surface area contributed by atoms with Gasteiger partial charge >= 0.3 is 0 Å². The van der Waals surface area contributed by atoms with E-state index in [0.717, 1.165) is 49.9 Å². The van der Waals surface area contributed by atoms with Crippen molar-refractivity contribution in [3.05, 3.63) is 140 Å². The average molecular weight is 526 g/mol. The predicted octanol–water partition coefficient (Wildman–Crippen LogP) is 8.49. The lowest BCUT2D eigenvalue weighted by Crippen LogP contribution is -2.00. The van der Waals surface area contributed by atoms with Crippen molar-refractivity contribution in [1.82, 2.24) is 24.3 Å². The molecule has 0 fully saturated rings. The predicted molar refractivity (Wildman–Crippen MR) is 165 cm³/mol. The zero-order valence-electron chi connectivity index (χ0n) is 22.0. The molecule has 8 rings (SSSR count). The molecular formula is C36H23N5. The average Bonchev–Trinajstić information content (AvgIpc) is 3.44. The molecule has 0 spiro atoms. The molecule has 0 aliphatic rings. The largest absolute Gasteiger partial charge is 0.299 e. The Hall–Kier alpha value is -5.68. The second kappa shape index (κ2) is 9.50. The van der Waals surface area contributed by atoms with Gasteiger partial charge in [-0.25, -0.2) is 19.9 Å². The number of aromatic nitrogens is 5. The van der Waals surface area contributed by atoms with Crippen molar-refractivity contribution in [3.63, 3.8) is 0 Å². The Bertz CT molecular complexity index is 2140. The molecule has 0 amide bonds. The molecule has 0 atom stereocenters. The number of imidazole rings is 1. The van der Waals surface area contributed by atoms with Crippen LogP contribution in [0.5, 0.6) is 0 Å². The minimum absolute atomic E-state index is 0.641. The van der Waals surface area contributed by atoms with Crippen LogP contribution in [0.25, 0.3) is 72.7 Å². The molecule has 0 aliphatic heterocycles. The van der Waals surface area contributed by atoms with E-state index in [2.05, 4.69) is 83.4 Å². The second-order valence-corrected chi connectivity index (χ2v) is 10.0. The highest BCUT2D eigenvalue weighted by molar-refractivity contribution is 5.98. The molecule has 192 valence electrons. The van der Waals surface area contributed by atoms with Gasteiger partial charge in [-0.2, -0.15) is 0 Å². The molecule has 5 heteroatoms. The number of pyridine rings is 1. The van der Waals surface area contributed by atoms with Gasteiger partial charge in [0, 0.05) is 28.3 Å². The minimum Gasteiger partial charge on any atom is -0.299 e. The van der Waals surface area contributed by atoms with Crippen LogP contribution in [0.3, 0.4) is 0 Å². The van der Waals surface area contributed by atoms with Crippen LogP contribution in [0.4, 0.5) is 0 Å². The Balaban J connectivity index is 1.26. The molecule has 3 aromatic heterocycles. The number of fused-ring (bicyclic) bond motifs is 5. The van der Waals surface area contributed by atoms with Gasteiger partial charge in [-0.1, -0.05) is 109 Å². The van der Waals surface area contributed by atoms with Gasteiger partial charge in [-0.05, 0) is 40.8 Å². The maximum absolute atomic E-state index is 4.96. The van der Waals surface area contributed by atoms with Gasteiger partial charge in [0.1, 0.15) is 5.65 Å². The van der Waals surface area contributed by atoms with Crippen molar-refractivity contribution in [1.29, 1.82) is 0 Å². The van der Waals surface area contributed by atoms with Gasteiger partial charge in [-0.3, -0.25) is 4.40 Å². The van der Waals surface area contributed by atoms with Crippen LogP contribution in [0, 0.1) is 0 Å². The van der Waals surface area contributed by atoms with Gasteiger partial charge in [0.2, 0.25) is 0 Å². The highest BCUT2D eigenvalue weighted by Gasteiger charge is 2.14. The first kappa shape index (κ1) is 23.2. The molecule has 0 bridgehead atoms. The van der Waals surface area contributed by atoms with E-state index in [1.165, 1.54) is 5.39 Å². The molecule has 3 heterocycles. The number of hydrogen-bond donors (Lipinski definition) is 0. The lowest BCUT2D eigenvalue weighted by Gasteiger charge is -2.10.